The number of carbonyl (C=O) groups excluding carboxylic acids is 2. The Morgan fingerprint density at radius 1 is 1.19 bits per heavy atom. The molecule has 2 heterocycles. The van der Waals surface area contributed by atoms with E-state index in [0.29, 0.717) is 32.2 Å². The van der Waals surface area contributed by atoms with E-state index in [2.05, 4.69) is 24.3 Å². The van der Waals surface area contributed by atoms with Gasteiger partial charge in [0.15, 0.2) is 0 Å². The van der Waals surface area contributed by atoms with Crippen LogP contribution >= 0.6 is 0 Å². The molecule has 0 bridgehead atoms. The molecule has 0 aliphatic carbocycles. The highest BCUT2D eigenvalue weighted by atomic mass is 16.5. The summed E-state index contributed by atoms with van der Waals surface area (Å²) in [6, 6.07) is 9.91. The third-order valence-corrected chi connectivity index (χ3v) is 6.03. The second-order valence-corrected chi connectivity index (χ2v) is 7.66. The quantitative estimate of drug-likeness (QED) is 0.862. The fraction of sp³-hybridized carbons (Fsp3) is 0.619. The molecule has 2 saturated heterocycles. The normalized spacial score (nSPS) is 26.7. The molecule has 2 fully saturated rings. The van der Waals surface area contributed by atoms with Gasteiger partial charge in [-0.2, -0.15) is 0 Å². The monoisotopic (exact) mass is 373 g/mol. The summed E-state index contributed by atoms with van der Waals surface area (Å²) in [5, 5.41) is 0. The molecule has 0 aromatic heterocycles. The highest BCUT2D eigenvalue weighted by Gasteiger charge is 2.40. The van der Waals surface area contributed by atoms with Crippen molar-refractivity contribution in [2.24, 2.45) is 11.7 Å². The lowest BCUT2D eigenvalue weighted by molar-refractivity contribution is -0.138. The number of ether oxygens (including phenoxy) is 1. The molecule has 3 rings (SSSR count). The summed E-state index contributed by atoms with van der Waals surface area (Å²) in [5.41, 5.74) is 6.89. The lowest BCUT2D eigenvalue weighted by atomic mass is 9.84. The number of likely N-dealkylation sites (tertiary alicyclic amines) is 2. The zero-order valence-corrected chi connectivity index (χ0v) is 16.2. The number of hydrogen-bond acceptors (Lipinski definition) is 3. The first-order valence-corrected chi connectivity index (χ1v) is 10.0. The van der Waals surface area contributed by atoms with Crippen LogP contribution in [0.1, 0.15) is 43.6 Å². The van der Waals surface area contributed by atoms with Crippen molar-refractivity contribution in [1.29, 1.82) is 0 Å². The molecular weight excluding hydrogens is 342 g/mol. The molecule has 1 aromatic rings. The highest BCUT2D eigenvalue weighted by molar-refractivity contribution is 5.81. The number of benzene rings is 1. The van der Waals surface area contributed by atoms with Crippen LogP contribution in [-0.4, -0.2) is 61.1 Å². The Morgan fingerprint density at radius 3 is 2.67 bits per heavy atom. The van der Waals surface area contributed by atoms with Crippen molar-refractivity contribution in [3.8, 4) is 0 Å². The van der Waals surface area contributed by atoms with E-state index in [9.17, 15) is 9.59 Å². The van der Waals surface area contributed by atoms with Crippen LogP contribution in [0.15, 0.2) is 30.3 Å². The van der Waals surface area contributed by atoms with Gasteiger partial charge in [0.2, 0.25) is 5.91 Å². The minimum atomic E-state index is -0.403. The number of carbonyl (C=O) groups is 2. The smallest absolute Gasteiger partial charge is 0.315 e. The average molecular weight is 373 g/mol. The molecular formula is C21H31N3O3. The summed E-state index contributed by atoms with van der Waals surface area (Å²) in [4.78, 5) is 29.0. The van der Waals surface area contributed by atoms with E-state index in [1.807, 2.05) is 11.0 Å². The number of piperidine rings is 1. The van der Waals surface area contributed by atoms with Gasteiger partial charge in [0.1, 0.15) is 0 Å². The number of amides is 3. The van der Waals surface area contributed by atoms with E-state index in [4.69, 9.17) is 10.5 Å². The number of methoxy groups -OCH3 is 1. The molecule has 0 radical (unpaired) electrons. The van der Waals surface area contributed by atoms with Crippen LogP contribution in [0.2, 0.25) is 0 Å². The van der Waals surface area contributed by atoms with Crippen molar-refractivity contribution >= 4 is 11.9 Å². The van der Waals surface area contributed by atoms with Crippen molar-refractivity contribution in [3.05, 3.63) is 35.9 Å². The number of hydrogen-bond donors (Lipinski definition) is 1. The fourth-order valence-electron chi connectivity index (χ4n) is 4.59. The maximum atomic E-state index is 13.4. The van der Waals surface area contributed by atoms with Gasteiger partial charge in [-0.1, -0.05) is 30.3 Å². The second-order valence-electron chi connectivity index (χ2n) is 7.66. The Morgan fingerprint density at radius 2 is 1.96 bits per heavy atom. The second kappa shape index (κ2) is 9.22. The van der Waals surface area contributed by atoms with Crippen LogP contribution in [0.3, 0.4) is 0 Å². The molecule has 6 heteroatoms. The molecule has 1 aromatic carbocycles. The Bertz CT molecular complexity index is 637. The Balaban J connectivity index is 1.84. The minimum Gasteiger partial charge on any atom is -0.383 e. The number of nitrogens with two attached hydrogens (primary N) is 1. The Kier molecular flexibility index (Phi) is 6.72. The van der Waals surface area contributed by atoms with Crippen molar-refractivity contribution < 1.29 is 14.3 Å². The SMILES string of the molecule is COCCN1C[C@H](c2ccccc2)CC[C@H](C2CCCCN2C(N)=O)C1=O. The third kappa shape index (κ3) is 4.61. The summed E-state index contributed by atoms with van der Waals surface area (Å²) in [6.45, 7) is 2.46. The standard InChI is InChI=1S/C21H31N3O3/c1-27-14-13-23-15-17(16-7-3-2-4-8-16)10-11-18(20(23)25)19-9-5-6-12-24(19)21(22)26/h2-4,7-8,17-19H,5-6,9-15H2,1H3,(H2,22,26)/t17-,18-,19?/m1/s1. The average Bonchev–Trinajstić information content (AvgIpc) is 2.86. The van der Waals surface area contributed by atoms with Gasteiger partial charge in [-0.05, 0) is 37.7 Å². The first-order valence-electron chi connectivity index (χ1n) is 10.0. The van der Waals surface area contributed by atoms with E-state index in [0.717, 1.165) is 32.1 Å². The van der Waals surface area contributed by atoms with Gasteiger partial charge in [0.05, 0.1) is 12.5 Å². The van der Waals surface area contributed by atoms with Crippen molar-refractivity contribution in [1.82, 2.24) is 9.80 Å². The zero-order valence-electron chi connectivity index (χ0n) is 16.2. The fourth-order valence-corrected chi connectivity index (χ4v) is 4.59. The largest absolute Gasteiger partial charge is 0.383 e. The van der Waals surface area contributed by atoms with Crippen LogP contribution < -0.4 is 5.73 Å². The van der Waals surface area contributed by atoms with E-state index >= 15 is 0 Å². The molecule has 2 N–H and O–H groups in total. The van der Waals surface area contributed by atoms with E-state index in [1.54, 1.807) is 12.0 Å². The summed E-state index contributed by atoms with van der Waals surface area (Å²) >= 11 is 0. The summed E-state index contributed by atoms with van der Waals surface area (Å²) in [5.74, 6) is 0.273. The van der Waals surface area contributed by atoms with E-state index in [-0.39, 0.29) is 17.9 Å². The summed E-state index contributed by atoms with van der Waals surface area (Å²) < 4.78 is 5.24. The molecule has 2 aliphatic heterocycles. The molecule has 3 atom stereocenters. The molecule has 3 amide bonds. The molecule has 0 saturated carbocycles. The van der Waals surface area contributed by atoms with Crippen LogP contribution in [0.5, 0.6) is 0 Å². The van der Waals surface area contributed by atoms with Crippen LogP contribution in [-0.2, 0) is 9.53 Å². The van der Waals surface area contributed by atoms with Gasteiger partial charge < -0.3 is 20.3 Å². The summed E-state index contributed by atoms with van der Waals surface area (Å²) in [6.07, 6.45) is 4.58. The van der Waals surface area contributed by atoms with Gasteiger partial charge in [0, 0.05) is 38.7 Å². The minimum absolute atomic E-state index is 0.0803. The highest BCUT2D eigenvalue weighted by Crippen LogP contribution is 2.34. The molecule has 6 nitrogen and oxygen atoms in total. The van der Waals surface area contributed by atoms with Crippen molar-refractivity contribution in [2.75, 3.05) is 33.4 Å². The Hall–Kier alpha value is -2.08. The zero-order chi connectivity index (χ0) is 19.2. The molecule has 0 spiro atoms. The van der Waals surface area contributed by atoms with Gasteiger partial charge in [-0.15, -0.1) is 0 Å². The van der Waals surface area contributed by atoms with E-state index < -0.39 is 6.03 Å². The maximum Gasteiger partial charge on any atom is 0.315 e. The molecule has 1 unspecified atom stereocenters. The topological polar surface area (TPSA) is 75.9 Å². The van der Waals surface area contributed by atoms with Crippen molar-refractivity contribution in [3.63, 3.8) is 0 Å². The molecule has 148 valence electrons. The molecule has 2 aliphatic rings. The third-order valence-electron chi connectivity index (χ3n) is 6.03. The number of rotatable bonds is 5. The molecule has 27 heavy (non-hydrogen) atoms. The first-order chi connectivity index (χ1) is 13.1. The van der Waals surface area contributed by atoms with Crippen LogP contribution in [0.4, 0.5) is 4.79 Å². The van der Waals surface area contributed by atoms with Gasteiger partial charge in [0.25, 0.3) is 0 Å². The van der Waals surface area contributed by atoms with E-state index in [1.165, 1.54) is 5.56 Å². The Labute approximate surface area is 161 Å². The van der Waals surface area contributed by atoms with Gasteiger partial charge >= 0.3 is 6.03 Å². The van der Waals surface area contributed by atoms with Gasteiger partial charge in [-0.25, -0.2) is 4.79 Å². The van der Waals surface area contributed by atoms with Crippen LogP contribution in [0, 0.1) is 5.92 Å². The van der Waals surface area contributed by atoms with Crippen LogP contribution in [0.25, 0.3) is 0 Å². The van der Waals surface area contributed by atoms with Crippen molar-refractivity contribution in [2.45, 2.75) is 44.1 Å². The summed E-state index contributed by atoms with van der Waals surface area (Å²) in [7, 11) is 1.66. The maximum absolute atomic E-state index is 13.4. The lowest BCUT2D eigenvalue weighted by Crippen LogP contribution is -2.53. The predicted octanol–water partition coefficient (Wildman–Crippen LogP) is 2.59. The predicted molar refractivity (Wildman–Crippen MR) is 104 cm³/mol. The van der Waals surface area contributed by atoms with Gasteiger partial charge in [-0.3, -0.25) is 4.79 Å². The number of urea groups is 1. The lowest BCUT2D eigenvalue weighted by Gasteiger charge is -2.39. The first kappa shape index (κ1) is 19.7. The number of nitrogens with zero attached hydrogens (tertiary/aromatic N) is 2. The number of primary amides is 1.